The van der Waals surface area contributed by atoms with Crippen LogP contribution in [0, 0.1) is 17.3 Å². The highest BCUT2D eigenvalue weighted by molar-refractivity contribution is 6.30. The number of carbonyl (C=O) groups is 1. The molecule has 0 spiro atoms. The quantitative estimate of drug-likeness (QED) is 0.863. The molecule has 22 heavy (non-hydrogen) atoms. The van der Waals surface area contributed by atoms with Gasteiger partial charge in [0.2, 0.25) is 0 Å². The molecule has 3 nitrogen and oxygen atoms in total. The number of halogens is 1. The second-order valence-electron chi connectivity index (χ2n) is 7.67. The van der Waals surface area contributed by atoms with Crippen LogP contribution in [0.4, 0.5) is 0 Å². The Morgan fingerprint density at radius 3 is 2.41 bits per heavy atom. The summed E-state index contributed by atoms with van der Waals surface area (Å²) in [5.41, 5.74) is -0.115. The summed E-state index contributed by atoms with van der Waals surface area (Å²) in [5, 5.41) is 11.4. The fraction of sp³-hybridized carbons (Fsp3) is 0.611. The second kappa shape index (κ2) is 4.97. The zero-order valence-electron chi connectivity index (χ0n) is 12.6. The van der Waals surface area contributed by atoms with Crippen LogP contribution < -0.4 is 0 Å². The van der Waals surface area contributed by atoms with Crippen molar-refractivity contribution >= 4 is 17.6 Å². The van der Waals surface area contributed by atoms with Crippen LogP contribution in [-0.2, 0) is 16.1 Å². The van der Waals surface area contributed by atoms with E-state index >= 15 is 0 Å². The molecular formula is C18H21ClO3. The Labute approximate surface area is 135 Å². The third kappa shape index (κ3) is 2.44. The maximum Gasteiger partial charge on any atom is 0.312 e. The molecule has 4 bridgehead atoms. The molecule has 0 aliphatic heterocycles. The van der Waals surface area contributed by atoms with Gasteiger partial charge in [-0.2, -0.15) is 0 Å². The van der Waals surface area contributed by atoms with Crippen molar-refractivity contribution in [1.82, 2.24) is 0 Å². The maximum absolute atomic E-state index is 12.7. The first-order valence-corrected chi connectivity index (χ1v) is 8.48. The Hall–Kier alpha value is -1.06. The Balaban J connectivity index is 1.47. The van der Waals surface area contributed by atoms with E-state index in [1.54, 1.807) is 12.1 Å². The van der Waals surface area contributed by atoms with Gasteiger partial charge in [0.05, 0.1) is 11.0 Å². The van der Waals surface area contributed by atoms with Crippen molar-refractivity contribution < 1.29 is 14.6 Å². The van der Waals surface area contributed by atoms with Gasteiger partial charge in [0.25, 0.3) is 0 Å². The molecule has 4 atom stereocenters. The molecule has 0 aromatic heterocycles. The summed E-state index contributed by atoms with van der Waals surface area (Å²) in [4.78, 5) is 12.7. The Kier molecular flexibility index (Phi) is 3.28. The smallest absolute Gasteiger partial charge is 0.312 e. The molecule has 1 aromatic carbocycles. The average Bonchev–Trinajstić information content (AvgIpc) is 2.43. The van der Waals surface area contributed by atoms with Crippen molar-refractivity contribution in [3.05, 3.63) is 34.9 Å². The normalized spacial score (nSPS) is 39.0. The highest BCUT2D eigenvalue weighted by atomic mass is 35.5. The highest BCUT2D eigenvalue weighted by Crippen LogP contribution is 2.62. The molecule has 118 valence electrons. The standard InChI is InChI=1S/C18H21ClO3/c19-15-3-1-12(2-4-15)10-22-16(20)17-6-13-5-14(7-17)9-18(21,8-13)11-17/h1-4,13-14,21H,5-11H2/t13-,14+,17?,18?. The first-order valence-electron chi connectivity index (χ1n) is 8.11. The summed E-state index contributed by atoms with van der Waals surface area (Å²) in [6.07, 6.45) is 5.29. The van der Waals surface area contributed by atoms with Gasteiger partial charge >= 0.3 is 5.97 Å². The fourth-order valence-electron chi connectivity index (χ4n) is 5.34. The lowest BCUT2D eigenvalue weighted by Gasteiger charge is -2.58. The van der Waals surface area contributed by atoms with Crippen LogP contribution in [0.15, 0.2) is 24.3 Å². The first kappa shape index (κ1) is 14.5. The zero-order valence-corrected chi connectivity index (χ0v) is 13.3. The topological polar surface area (TPSA) is 46.5 Å². The molecule has 0 amide bonds. The lowest BCUT2D eigenvalue weighted by Crippen LogP contribution is -2.58. The van der Waals surface area contributed by atoms with Gasteiger partial charge in [-0.15, -0.1) is 0 Å². The molecule has 4 saturated carbocycles. The Morgan fingerprint density at radius 2 is 1.82 bits per heavy atom. The molecule has 0 heterocycles. The molecular weight excluding hydrogens is 300 g/mol. The van der Waals surface area contributed by atoms with E-state index in [2.05, 4.69) is 0 Å². The van der Waals surface area contributed by atoms with Crippen LogP contribution >= 0.6 is 11.6 Å². The zero-order chi connectivity index (χ0) is 15.4. The second-order valence-corrected chi connectivity index (χ2v) is 8.10. The molecule has 1 aromatic rings. The van der Waals surface area contributed by atoms with Crippen LogP contribution in [0.5, 0.6) is 0 Å². The minimum Gasteiger partial charge on any atom is -0.460 e. The molecule has 1 N–H and O–H groups in total. The summed E-state index contributed by atoms with van der Waals surface area (Å²) >= 11 is 5.87. The predicted octanol–water partition coefficient (Wildman–Crippen LogP) is 3.71. The third-order valence-corrected chi connectivity index (χ3v) is 6.00. The fourth-order valence-corrected chi connectivity index (χ4v) is 5.46. The van der Waals surface area contributed by atoms with Gasteiger partial charge in [-0.3, -0.25) is 4.79 Å². The van der Waals surface area contributed by atoms with Crippen molar-refractivity contribution in [3.8, 4) is 0 Å². The van der Waals surface area contributed by atoms with Crippen LogP contribution in [0.2, 0.25) is 5.02 Å². The minimum absolute atomic E-state index is 0.116. The van der Waals surface area contributed by atoms with Crippen molar-refractivity contribution in [2.75, 3.05) is 0 Å². The number of esters is 1. The lowest BCUT2D eigenvalue weighted by molar-refractivity contribution is -0.197. The number of rotatable bonds is 3. The number of ether oxygens (including phenoxy) is 1. The summed E-state index contributed by atoms with van der Waals surface area (Å²) < 4.78 is 5.60. The van der Waals surface area contributed by atoms with Gasteiger partial charge in [0.15, 0.2) is 0 Å². The molecule has 0 saturated heterocycles. The van der Waals surface area contributed by atoms with E-state index in [1.807, 2.05) is 12.1 Å². The molecule has 4 heteroatoms. The molecule has 5 rings (SSSR count). The minimum atomic E-state index is -0.622. The molecule has 4 fully saturated rings. The van der Waals surface area contributed by atoms with E-state index in [1.165, 1.54) is 6.42 Å². The van der Waals surface area contributed by atoms with Gasteiger partial charge in [0, 0.05) is 5.02 Å². The van der Waals surface area contributed by atoms with E-state index in [4.69, 9.17) is 16.3 Å². The van der Waals surface area contributed by atoms with E-state index in [0.29, 0.717) is 23.3 Å². The van der Waals surface area contributed by atoms with Crippen LogP contribution in [-0.4, -0.2) is 16.7 Å². The number of hydrogen-bond acceptors (Lipinski definition) is 3. The number of benzene rings is 1. The van der Waals surface area contributed by atoms with Crippen molar-refractivity contribution in [2.45, 2.75) is 50.7 Å². The Morgan fingerprint density at radius 1 is 1.18 bits per heavy atom. The van der Waals surface area contributed by atoms with Gasteiger partial charge < -0.3 is 9.84 Å². The van der Waals surface area contributed by atoms with Crippen molar-refractivity contribution in [2.24, 2.45) is 17.3 Å². The molecule has 4 aliphatic rings. The average molecular weight is 321 g/mol. The van der Waals surface area contributed by atoms with Crippen molar-refractivity contribution in [3.63, 3.8) is 0 Å². The molecule has 4 aliphatic carbocycles. The SMILES string of the molecule is O=C(OCc1ccc(Cl)cc1)C12C[C@@H]3C[C@@H](CC(O)(C3)C1)C2. The third-order valence-electron chi connectivity index (χ3n) is 5.75. The van der Waals surface area contributed by atoms with Crippen molar-refractivity contribution in [1.29, 1.82) is 0 Å². The number of aliphatic hydroxyl groups is 1. The van der Waals surface area contributed by atoms with Gasteiger partial charge in [-0.1, -0.05) is 23.7 Å². The molecule has 2 unspecified atom stereocenters. The maximum atomic E-state index is 12.7. The van der Waals surface area contributed by atoms with Crippen LogP contribution in [0.25, 0.3) is 0 Å². The monoisotopic (exact) mass is 320 g/mol. The van der Waals surface area contributed by atoms with Gasteiger partial charge in [-0.05, 0) is 68.1 Å². The van der Waals surface area contributed by atoms with Crippen LogP contribution in [0.3, 0.4) is 0 Å². The predicted molar refractivity (Wildman–Crippen MR) is 83.3 cm³/mol. The van der Waals surface area contributed by atoms with E-state index in [-0.39, 0.29) is 12.6 Å². The summed E-state index contributed by atoms with van der Waals surface area (Å²) in [7, 11) is 0. The van der Waals surface area contributed by atoms with E-state index in [9.17, 15) is 9.90 Å². The number of carbonyl (C=O) groups excluding carboxylic acids is 1. The van der Waals surface area contributed by atoms with E-state index < -0.39 is 11.0 Å². The van der Waals surface area contributed by atoms with E-state index in [0.717, 1.165) is 31.2 Å². The summed E-state index contributed by atoms with van der Waals surface area (Å²) in [6, 6.07) is 7.36. The lowest BCUT2D eigenvalue weighted by atomic mass is 9.48. The number of hydrogen-bond donors (Lipinski definition) is 1. The van der Waals surface area contributed by atoms with Gasteiger partial charge in [0.1, 0.15) is 6.61 Å². The molecule has 0 radical (unpaired) electrons. The summed E-state index contributed by atoms with van der Waals surface area (Å²) in [5.74, 6) is 0.874. The first-order chi connectivity index (χ1) is 10.5. The largest absolute Gasteiger partial charge is 0.460 e. The summed E-state index contributed by atoms with van der Waals surface area (Å²) in [6.45, 7) is 0.283. The van der Waals surface area contributed by atoms with Crippen LogP contribution in [0.1, 0.15) is 44.1 Å². The van der Waals surface area contributed by atoms with Gasteiger partial charge in [-0.25, -0.2) is 0 Å². The highest BCUT2D eigenvalue weighted by Gasteiger charge is 2.60. The Bertz CT molecular complexity index is 581.